The normalized spacial score (nSPS) is 14.1. The number of fused-ring (bicyclic) bond motifs is 1. The van der Waals surface area contributed by atoms with E-state index in [-0.39, 0.29) is 11.5 Å². The van der Waals surface area contributed by atoms with Crippen LogP contribution < -0.4 is 20.5 Å². The lowest BCUT2D eigenvalue weighted by atomic mass is 10.2. The van der Waals surface area contributed by atoms with Crippen molar-refractivity contribution in [3.05, 3.63) is 82.5 Å². The highest BCUT2D eigenvalue weighted by Crippen LogP contribution is 2.28. The van der Waals surface area contributed by atoms with Gasteiger partial charge in [-0.3, -0.25) is 19.1 Å². The van der Waals surface area contributed by atoms with Gasteiger partial charge in [0.2, 0.25) is 0 Å². The molecule has 0 saturated carbocycles. The van der Waals surface area contributed by atoms with Gasteiger partial charge in [0.25, 0.3) is 11.5 Å². The van der Waals surface area contributed by atoms with Gasteiger partial charge in [0.15, 0.2) is 5.65 Å². The number of ether oxygens (including phenoxy) is 1. The van der Waals surface area contributed by atoms with Gasteiger partial charge in [0.05, 0.1) is 24.5 Å². The van der Waals surface area contributed by atoms with E-state index in [2.05, 4.69) is 31.2 Å². The molecule has 0 atom stereocenters. The first-order valence-electron chi connectivity index (χ1n) is 13.1. The summed E-state index contributed by atoms with van der Waals surface area (Å²) >= 11 is 0. The number of methoxy groups -OCH3 is 1. The molecule has 5 rings (SSSR count). The summed E-state index contributed by atoms with van der Waals surface area (Å²) in [6.45, 7) is 7.31. The molecule has 0 bridgehead atoms. The summed E-state index contributed by atoms with van der Waals surface area (Å²) in [6, 6.07) is 17.7. The van der Waals surface area contributed by atoms with Gasteiger partial charge in [-0.25, -0.2) is 4.98 Å². The molecule has 3 heterocycles. The first-order valence-corrected chi connectivity index (χ1v) is 13.1. The Morgan fingerprint density at radius 3 is 2.53 bits per heavy atom. The van der Waals surface area contributed by atoms with E-state index in [1.165, 1.54) is 6.33 Å². The Hall–Kier alpha value is -4.11. The number of amides is 1. The minimum absolute atomic E-state index is 0.200. The van der Waals surface area contributed by atoms with Crippen molar-refractivity contribution < 1.29 is 9.53 Å². The summed E-state index contributed by atoms with van der Waals surface area (Å²) in [5.41, 5.74) is 3.25. The molecule has 1 aliphatic heterocycles. The van der Waals surface area contributed by atoms with Crippen molar-refractivity contribution in [3.8, 4) is 11.4 Å². The number of H-pyrrole nitrogens is 1. The number of aromatic nitrogens is 3. The standard InChI is InChI=1S/C29H34N6O3/c1-21-25-27(31-20-32-28(25)36)35(22-10-4-3-5-11-22)26(21)29(37)30-14-8-9-15-33-16-18-34(19-17-33)23-12-6-7-13-24(23)38-2/h3-7,10-13,20H,8-9,14-19H2,1-2H3,(H,30,37)(H,31,32,36). The van der Waals surface area contributed by atoms with Gasteiger partial charge in [-0.2, -0.15) is 0 Å². The molecule has 2 aromatic carbocycles. The average Bonchev–Trinajstić information content (AvgIpc) is 3.26. The number of aromatic amines is 1. The van der Waals surface area contributed by atoms with E-state index in [1.807, 2.05) is 48.5 Å². The zero-order valence-corrected chi connectivity index (χ0v) is 21.9. The second-order valence-corrected chi connectivity index (χ2v) is 9.54. The molecule has 0 spiro atoms. The third-order valence-electron chi connectivity index (χ3n) is 7.21. The Bertz CT molecular complexity index is 1450. The van der Waals surface area contributed by atoms with Crippen molar-refractivity contribution in [2.75, 3.05) is 51.3 Å². The van der Waals surface area contributed by atoms with Gasteiger partial charge in [-0.05, 0) is 56.1 Å². The summed E-state index contributed by atoms with van der Waals surface area (Å²) in [4.78, 5) is 37.7. The molecule has 9 nitrogen and oxygen atoms in total. The predicted octanol–water partition coefficient (Wildman–Crippen LogP) is 3.36. The third-order valence-corrected chi connectivity index (χ3v) is 7.21. The highest BCUT2D eigenvalue weighted by atomic mass is 16.5. The van der Waals surface area contributed by atoms with Crippen molar-refractivity contribution in [1.82, 2.24) is 24.8 Å². The highest BCUT2D eigenvalue weighted by molar-refractivity contribution is 6.01. The van der Waals surface area contributed by atoms with Gasteiger partial charge in [0, 0.05) is 38.4 Å². The Kier molecular flexibility index (Phi) is 7.74. The van der Waals surface area contributed by atoms with Gasteiger partial charge < -0.3 is 19.9 Å². The third kappa shape index (κ3) is 5.15. The monoisotopic (exact) mass is 514 g/mol. The van der Waals surface area contributed by atoms with Crippen molar-refractivity contribution in [2.45, 2.75) is 19.8 Å². The summed E-state index contributed by atoms with van der Waals surface area (Å²) in [5, 5.41) is 3.51. The number of anilines is 1. The van der Waals surface area contributed by atoms with Crippen LogP contribution in [0.2, 0.25) is 0 Å². The van der Waals surface area contributed by atoms with Crippen LogP contribution in [0.5, 0.6) is 5.75 Å². The predicted molar refractivity (Wildman–Crippen MR) is 150 cm³/mol. The maximum absolute atomic E-state index is 13.3. The Labute approximate surface area is 222 Å². The topological polar surface area (TPSA) is 95.5 Å². The molecule has 1 aliphatic rings. The molecule has 0 aliphatic carbocycles. The molecule has 1 amide bonds. The molecule has 2 N–H and O–H groups in total. The van der Waals surface area contributed by atoms with Crippen molar-refractivity contribution in [3.63, 3.8) is 0 Å². The maximum Gasteiger partial charge on any atom is 0.268 e. The van der Waals surface area contributed by atoms with E-state index < -0.39 is 0 Å². The maximum atomic E-state index is 13.3. The number of benzene rings is 2. The molecule has 2 aromatic heterocycles. The number of unbranched alkanes of at least 4 members (excludes halogenated alkanes) is 1. The zero-order chi connectivity index (χ0) is 26.5. The number of carbonyl (C=O) groups excluding carboxylic acids is 1. The van der Waals surface area contributed by atoms with E-state index in [0.717, 1.165) is 62.7 Å². The number of rotatable bonds is 9. The average molecular weight is 515 g/mol. The van der Waals surface area contributed by atoms with E-state index in [0.29, 0.717) is 28.8 Å². The minimum Gasteiger partial charge on any atom is -0.495 e. The summed E-state index contributed by atoms with van der Waals surface area (Å²) in [7, 11) is 1.72. The van der Waals surface area contributed by atoms with Crippen LogP contribution in [0.4, 0.5) is 5.69 Å². The van der Waals surface area contributed by atoms with Crippen LogP contribution in [-0.4, -0.2) is 71.7 Å². The van der Waals surface area contributed by atoms with E-state index >= 15 is 0 Å². The van der Waals surface area contributed by atoms with Crippen LogP contribution in [0, 0.1) is 6.92 Å². The van der Waals surface area contributed by atoms with Crippen molar-refractivity contribution >= 4 is 22.6 Å². The SMILES string of the molecule is COc1ccccc1N1CCN(CCCCNC(=O)c2c(C)c3c(=O)[nH]cnc3n2-c2ccccc2)CC1. The van der Waals surface area contributed by atoms with E-state index in [9.17, 15) is 9.59 Å². The number of nitrogens with zero attached hydrogens (tertiary/aromatic N) is 4. The molecule has 198 valence electrons. The van der Waals surface area contributed by atoms with Gasteiger partial charge >= 0.3 is 0 Å². The number of piperazine rings is 1. The van der Waals surface area contributed by atoms with Crippen molar-refractivity contribution in [1.29, 1.82) is 0 Å². The molecule has 4 aromatic rings. The molecule has 1 fully saturated rings. The van der Waals surface area contributed by atoms with E-state index in [4.69, 9.17) is 4.74 Å². The molecule has 9 heteroatoms. The number of nitrogens with one attached hydrogen (secondary N) is 2. The molecule has 38 heavy (non-hydrogen) atoms. The quantitative estimate of drug-likeness (QED) is 0.333. The Balaban J connectivity index is 1.16. The fraction of sp³-hybridized carbons (Fsp3) is 0.345. The van der Waals surface area contributed by atoms with Crippen LogP contribution in [0.25, 0.3) is 16.7 Å². The fourth-order valence-corrected chi connectivity index (χ4v) is 5.24. The number of para-hydroxylation sites is 3. The zero-order valence-electron chi connectivity index (χ0n) is 21.9. The minimum atomic E-state index is -0.248. The Morgan fingerprint density at radius 1 is 1.03 bits per heavy atom. The van der Waals surface area contributed by atoms with Crippen LogP contribution >= 0.6 is 0 Å². The van der Waals surface area contributed by atoms with Crippen LogP contribution in [0.15, 0.2) is 65.7 Å². The van der Waals surface area contributed by atoms with Crippen LogP contribution in [0.3, 0.4) is 0 Å². The lowest BCUT2D eigenvalue weighted by Crippen LogP contribution is -2.46. The van der Waals surface area contributed by atoms with E-state index in [1.54, 1.807) is 18.6 Å². The summed E-state index contributed by atoms with van der Waals surface area (Å²) < 4.78 is 7.29. The smallest absolute Gasteiger partial charge is 0.268 e. The van der Waals surface area contributed by atoms with Gasteiger partial charge in [-0.1, -0.05) is 30.3 Å². The first-order chi connectivity index (χ1) is 18.6. The molecule has 0 radical (unpaired) electrons. The fourth-order valence-electron chi connectivity index (χ4n) is 5.24. The lowest BCUT2D eigenvalue weighted by molar-refractivity contribution is 0.0945. The highest BCUT2D eigenvalue weighted by Gasteiger charge is 2.24. The first kappa shape index (κ1) is 25.5. The summed E-state index contributed by atoms with van der Waals surface area (Å²) in [6.07, 6.45) is 3.25. The number of hydrogen-bond acceptors (Lipinski definition) is 6. The molecular weight excluding hydrogens is 480 g/mol. The van der Waals surface area contributed by atoms with Gasteiger partial charge in [-0.15, -0.1) is 0 Å². The van der Waals surface area contributed by atoms with Crippen molar-refractivity contribution in [2.24, 2.45) is 0 Å². The lowest BCUT2D eigenvalue weighted by Gasteiger charge is -2.36. The van der Waals surface area contributed by atoms with Crippen LogP contribution in [0.1, 0.15) is 28.9 Å². The van der Waals surface area contributed by atoms with Crippen LogP contribution in [-0.2, 0) is 0 Å². The summed E-state index contributed by atoms with van der Waals surface area (Å²) in [5.74, 6) is 0.716. The number of aryl methyl sites for hydroxylation is 1. The second-order valence-electron chi connectivity index (χ2n) is 9.54. The second kappa shape index (κ2) is 11.5. The number of carbonyl (C=O) groups is 1. The molecule has 1 saturated heterocycles. The Morgan fingerprint density at radius 2 is 1.76 bits per heavy atom. The largest absolute Gasteiger partial charge is 0.495 e. The number of hydrogen-bond donors (Lipinski definition) is 2. The molecule has 0 unspecified atom stereocenters. The molecular formula is C29H34N6O3. The van der Waals surface area contributed by atoms with Gasteiger partial charge in [0.1, 0.15) is 11.4 Å².